The maximum absolute atomic E-state index is 13.0. The number of carbonyl (C=O) groups excluding carboxylic acids is 2. The topological polar surface area (TPSA) is 84.6 Å². The average molecular weight is 465 g/mol. The van der Waals surface area contributed by atoms with E-state index in [2.05, 4.69) is 33.1 Å². The van der Waals surface area contributed by atoms with Crippen molar-refractivity contribution in [1.29, 1.82) is 0 Å². The summed E-state index contributed by atoms with van der Waals surface area (Å²) in [7, 11) is 2.03. The lowest BCUT2D eigenvalue weighted by Crippen LogP contribution is -2.41. The number of rotatable bonds is 7. The van der Waals surface area contributed by atoms with Gasteiger partial charge in [-0.05, 0) is 12.5 Å². The quantitative estimate of drug-likeness (QED) is 0.578. The Labute approximate surface area is 199 Å². The van der Waals surface area contributed by atoms with Gasteiger partial charge in [0.05, 0.1) is 18.9 Å². The fraction of sp³-hybridized carbons (Fsp3) is 0.480. The lowest BCUT2D eigenvalue weighted by atomic mass is 10.1. The number of hydrogen-bond donors (Lipinski definition) is 1. The van der Waals surface area contributed by atoms with Gasteiger partial charge in [-0.25, -0.2) is 4.68 Å². The molecule has 3 aromatic rings. The Morgan fingerprint density at radius 3 is 2.76 bits per heavy atom. The van der Waals surface area contributed by atoms with E-state index in [1.807, 2.05) is 29.9 Å². The highest BCUT2D eigenvalue weighted by Crippen LogP contribution is 2.33. The first-order chi connectivity index (χ1) is 16.6. The number of amides is 2. The van der Waals surface area contributed by atoms with Crippen molar-refractivity contribution in [3.63, 3.8) is 0 Å². The number of carbonyl (C=O) groups is 2. The maximum Gasteiger partial charge on any atom is 0.228 e. The number of hydrogen-bond acceptors (Lipinski definition) is 5. The van der Waals surface area contributed by atoms with Crippen LogP contribution < -0.4 is 10.2 Å². The third-order valence-corrected chi connectivity index (χ3v) is 6.68. The number of anilines is 1. The first-order valence-electron chi connectivity index (χ1n) is 12.1. The Hall–Kier alpha value is -3.17. The van der Waals surface area contributed by atoms with E-state index in [0.29, 0.717) is 13.1 Å². The van der Waals surface area contributed by atoms with Gasteiger partial charge in [0.15, 0.2) is 0 Å². The molecule has 1 fully saturated rings. The minimum absolute atomic E-state index is 0.0337. The van der Waals surface area contributed by atoms with Gasteiger partial charge in [-0.1, -0.05) is 18.2 Å². The molecule has 0 saturated carbocycles. The van der Waals surface area contributed by atoms with E-state index in [4.69, 9.17) is 9.84 Å². The number of nitrogens with zero attached hydrogens (tertiary/aromatic N) is 5. The highest BCUT2D eigenvalue weighted by atomic mass is 16.5. The Morgan fingerprint density at radius 2 is 1.91 bits per heavy atom. The predicted octanol–water partition coefficient (Wildman–Crippen LogP) is 2.01. The Bertz CT molecular complexity index is 1180. The van der Waals surface area contributed by atoms with Crippen molar-refractivity contribution in [3.05, 3.63) is 36.5 Å². The molecule has 1 aromatic carbocycles. The molecule has 2 aliphatic heterocycles. The zero-order chi connectivity index (χ0) is 23.5. The molecule has 9 heteroatoms. The standard InChI is InChI=1S/C25H32N6O3/c1-28-18-20(19-5-2-3-6-22(19)28)21-17-24-30(10-4-11-31(24)27-21)25(33)8-7-23(32)26-9-12-29-13-15-34-16-14-29/h2-3,5-6,17-18H,4,7-16H2,1H3,(H,26,32). The molecule has 0 atom stereocenters. The first-order valence-corrected chi connectivity index (χ1v) is 12.1. The van der Waals surface area contributed by atoms with Crippen LogP contribution in [0.5, 0.6) is 0 Å². The normalized spacial score (nSPS) is 16.6. The summed E-state index contributed by atoms with van der Waals surface area (Å²) in [6, 6.07) is 10.3. The van der Waals surface area contributed by atoms with Crippen LogP contribution in [0.2, 0.25) is 0 Å². The number of aromatic nitrogens is 3. The highest BCUT2D eigenvalue weighted by Gasteiger charge is 2.26. The van der Waals surface area contributed by atoms with Gasteiger partial charge >= 0.3 is 0 Å². The van der Waals surface area contributed by atoms with E-state index < -0.39 is 0 Å². The summed E-state index contributed by atoms with van der Waals surface area (Å²) in [5, 5.41) is 8.90. The second-order valence-electron chi connectivity index (χ2n) is 8.98. The van der Waals surface area contributed by atoms with E-state index in [-0.39, 0.29) is 24.7 Å². The fourth-order valence-corrected chi connectivity index (χ4v) is 4.83. The lowest BCUT2D eigenvalue weighted by Gasteiger charge is -2.27. The summed E-state index contributed by atoms with van der Waals surface area (Å²) < 4.78 is 9.36. The molecule has 2 aliphatic rings. The zero-order valence-electron chi connectivity index (χ0n) is 19.7. The summed E-state index contributed by atoms with van der Waals surface area (Å²) in [6.45, 7) is 6.14. The second-order valence-corrected chi connectivity index (χ2v) is 8.98. The van der Waals surface area contributed by atoms with Gasteiger partial charge in [-0.15, -0.1) is 0 Å². The fourth-order valence-electron chi connectivity index (χ4n) is 4.83. The van der Waals surface area contributed by atoms with Gasteiger partial charge in [0.2, 0.25) is 11.8 Å². The van der Waals surface area contributed by atoms with Crippen molar-refractivity contribution in [3.8, 4) is 11.3 Å². The number of fused-ring (bicyclic) bond motifs is 2. The number of nitrogens with one attached hydrogen (secondary N) is 1. The van der Waals surface area contributed by atoms with E-state index in [1.165, 1.54) is 0 Å². The number of morpholine rings is 1. The minimum Gasteiger partial charge on any atom is -0.379 e. The SMILES string of the molecule is Cn1cc(-c2cc3n(n2)CCCN3C(=O)CCC(=O)NCCN2CCOCC2)c2ccccc21. The van der Waals surface area contributed by atoms with Gasteiger partial charge in [0, 0.05) is 87.9 Å². The number of aryl methyl sites for hydroxylation is 2. The second kappa shape index (κ2) is 9.99. The summed E-state index contributed by atoms with van der Waals surface area (Å²) in [5.41, 5.74) is 3.08. The minimum atomic E-state index is -0.0800. The van der Waals surface area contributed by atoms with Crippen LogP contribution in [0, 0.1) is 0 Å². The molecular weight excluding hydrogens is 432 g/mol. The molecule has 34 heavy (non-hydrogen) atoms. The van der Waals surface area contributed by atoms with Crippen molar-refractivity contribution in [2.45, 2.75) is 25.8 Å². The van der Waals surface area contributed by atoms with Crippen molar-refractivity contribution in [2.75, 3.05) is 50.8 Å². The van der Waals surface area contributed by atoms with Gasteiger partial charge < -0.3 is 14.6 Å². The molecule has 4 heterocycles. The van der Waals surface area contributed by atoms with Crippen molar-refractivity contribution in [2.24, 2.45) is 7.05 Å². The van der Waals surface area contributed by atoms with Crippen LogP contribution >= 0.6 is 0 Å². The first kappa shape index (κ1) is 22.6. The molecule has 9 nitrogen and oxygen atoms in total. The summed E-state index contributed by atoms with van der Waals surface area (Å²) in [5.74, 6) is 0.698. The zero-order valence-corrected chi connectivity index (χ0v) is 19.7. The van der Waals surface area contributed by atoms with Crippen LogP contribution in [0.15, 0.2) is 36.5 Å². The molecule has 2 amide bonds. The molecule has 180 valence electrons. The van der Waals surface area contributed by atoms with Crippen LogP contribution in [0.4, 0.5) is 5.82 Å². The smallest absolute Gasteiger partial charge is 0.228 e. The number of ether oxygens (including phenoxy) is 1. The summed E-state index contributed by atoms with van der Waals surface area (Å²) in [6.07, 6.45) is 3.33. The van der Waals surface area contributed by atoms with Crippen LogP contribution in [-0.2, 0) is 27.9 Å². The van der Waals surface area contributed by atoms with Crippen LogP contribution in [-0.4, -0.2) is 77.0 Å². The van der Waals surface area contributed by atoms with Crippen molar-refractivity contribution >= 4 is 28.5 Å². The third-order valence-electron chi connectivity index (χ3n) is 6.68. The molecule has 1 saturated heterocycles. The molecule has 0 radical (unpaired) electrons. The Balaban J connectivity index is 1.21. The van der Waals surface area contributed by atoms with E-state index in [1.54, 1.807) is 4.90 Å². The molecule has 0 aliphatic carbocycles. The summed E-state index contributed by atoms with van der Waals surface area (Å²) >= 11 is 0. The maximum atomic E-state index is 13.0. The number of para-hydroxylation sites is 1. The van der Waals surface area contributed by atoms with Gasteiger partial charge in [0.1, 0.15) is 5.82 Å². The lowest BCUT2D eigenvalue weighted by molar-refractivity contribution is -0.125. The van der Waals surface area contributed by atoms with Gasteiger partial charge in [-0.2, -0.15) is 5.10 Å². The number of benzene rings is 1. The molecule has 2 aromatic heterocycles. The Kier molecular flexibility index (Phi) is 6.64. The highest BCUT2D eigenvalue weighted by molar-refractivity contribution is 5.98. The summed E-state index contributed by atoms with van der Waals surface area (Å²) in [4.78, 5) is 29.4. The van der Waals surface area contributed by atoms with Gasteiger partial charge in [0.25, 0.3) is 0 Å². The molecule has 0 unspecified atom stereocenters. The van der Waals surface area contributed by atoms with Crippen LogP contribution in [0.3, 0.4) is 0 Å². The van der Waals surface area contributed by atoms with E-state index in [0.717, 1.165) is 73.8 Å². The molecule has 1 N–H and O–H groups in total. The van der Waals surface area contributed by atoms with Crippen LogP contribution in [0.25, 0.3) is 22.2 Å². The van der Waals surface area contributed by atoms with Crippen LogP contribution in [0.1, 0.15) is 19.3 Å². The van der Waals surface area contributed by atoms with E-state index in [9.17, 15) is 9.59 Å². The van der Waals surface area contributed by atoms with Gasteiger partial charge in [-0.3, -0.25) is 19.4 Å². The molecule has 0 bridgehead atoms. The molecular formula is C25H32N6O3. The predicted molar refractivity (Wildman–Crippen MR) is 131 cm³/mol. The molecule has 0 spiro atoms. The molecule has 5 rings (SSSR count). The average Bonchev–Trinajstić information content (AvgIpc) is 3.44. The third kappa shape index (κ3) is 4.71. The van der Waals surface area contributed by atoms with E-state index >= 15 is 0 Å². The monoisotopic (exact) mass is 464 g/mol. The van der Waals surface area contributed by atoms with Crippen molar-refractivity contribution in [1.82, 2.24) is 24.6 Å². The largest absolute Gasteiger partial charge is 0.379 e. The Morgan fingerprint density at radius 1 is 1.09 bits per heavy atom. The van der Waals surface area contributed by atoms with Crippen molar-refractivity contribution < 1.29 is 14.3 Å².